The molecule has 3 nitrogen and oxygen atoms in total. The first-order valence-corrected chi connectivity index (χ1v) is 3.88. The SMILES string of the molecule is CCN(CC(C)O)C(=O)P. The topological polar surface area (TPSA) is 40.5 Å². The van der Waals surface area contributed by atoms with E-state index in [4.69, 9.17) is 5.11 Å². The second kappa shape index (κ2) is 4.64. The summed E-state index contributed by atoms with van der Waals surface area (Å²) in [7, 11) is 2.08. The molecule has 0 fully saturated rings. The lowest BCUT2D eigenvalue weighted by Crippen LogP contribution is -2.32. The molecule has 0 saturated carbocycles. The van der Waals surface area contributed by atoms with Gasteiger partial charge in [0.2, 0.25) is 5.65 Å². The smallest absolute Gasteiger partial charge is 0.237 e. The summed E-state index contributed by atoms with van der Waals surface area (Å²) >= 11 is 0. The van der Waals surface area contributed by atoms with Crippen molar-refractivity contribution in [1.82, 2.24) is 4.90 Å². The van der Waals surface area contributed by atoms with Gasteiger partial charge in [-0.2, -0.15) is 0 Å². The molecule has 0 aromatic carbocycles. The number of aliphatic hydroxyl groups excluding tert-OH is 1. The van der Waals surface area contributed by atoms with Crippen molar-refractivity contribution in [1.29, 1.82) is 0 Å². The van der Waals surface area contributed by atoms with E-state index in [-0.39, 0.29) is 5.65 Å². The number of likely N-dealkylation sites (N-methyl/N-ethyl adjacent to an activating group) is 1. The molecule has 1 amide bonds. The Kier molecular flexibility index (Phi) is 4.58. The van der Waals surface area contributed by atoms with Crippen molar-refractivity contribution in [3.63, 3.8) is 0 Å². The van der Waals surface area contributed by atoms with Crippen LogP contribution in [0.1, 0.15) is 13.8 Å². The zero-order valence-corrected chi connectivity index (χ0v) is 7.53. The summed E-state index contributed by atoms with van der Waals surface area (Å²) in [5.74, 6) is 0. The minimum Gasteiger partial charge on any atom is -0.392 e. The van der Waals surface area contributed by atoms with Crippen LogP contribution in [0.4, 0.5) is 4.79 Å². The number of carbonyl (C=O) groups excluding carboxylic acids is 1. The van der Waals surface area contributed by atoms with Crippen molar-refractivity contribution in [3.8, 4) is 0 Å². The van der Waals surface area contributed by atoms with Crippen LogP contribution in [0.25, 0.3) is 0 Å². The molecule has 0 rings (SSSR count). The van der Waals surface area contributed by atoms with Crippen LogP contribution in [-0.2, 0) is 0 Å². The van der Waals surface area contributed by atoms with Gasteiger partial charge in [-0.25, -0.2) is 0 Å². The third-order valence-electron chi connectivity index (χ3n) is 1.18. The first kappa shape index (κ1) is 9.86. The fraction of sp³-hybridized carbons (Fsp3) is 0.833. The first-order valence-electron chi connectivity index (χ1n) is 3.30. The monoisotopic (exact) mass is 163 g/mol. The maximum absolute atomic E-state index is 10.7. The Morgan fingerprint density at radius 1 is 1.80 bits per heavy atom. The number of aliphatic hydroxyl groups is 1. The highest BCUT2D eigenvalue weighted by molar-refractivity contribution is 7.39. The number of amides is 1. The van der Waals surface area contributed by atoms with Gasteiger partial charge in [-0.05, 0) is 23.1 Å². The van der Waals surface area contributed by atoms with Gasteiger partial charge in [-0.1, -0.05) is 0 Å². The Morgan fingerprint density at radius 2 is 2.30 bits per heavy atom. The largest absolute Gasteiger partial charge is 0.392 e. The second-order valence-corrected chi connectivity index (χ2v) is 2.72. The van der Waals surface area contributed by atoms with Crippen LogP contribution in [0.3, 0.4) is 0 Å². The molecule has 0 aliphatic carbocycles. The van der Waals surface area contributed by atoms with Crippen LogP contribution < -0.4 is 0 Å². The molecule has 0 bridgehead atoms. The molecule has 0 aliphatic rings. The van der Waals surface area contributed by atoms with E-state index in [2.05, 4.69) is 9.24 Å². The molecule has 0 aromatic rings. The third-order valence-corrected chi connectivity index (χ3v) is 1.54. The average molecular weight is 163 g/mol. The number of hydrogen-bond donors (Lipinski definition) is 1. The summed E-state index contributed by atoms with van der Waals surface area (Å²) < 4.78 is 0. The summed E-state index contributed by atoms with van der Waals surface area (Å²) in [6.07, 6.45) is -0.440. The highest BCUT2D eigenvalue weighted by atomic mass is 31.0. The van der Waals surface area contributed by atoms with E-state index in [1.54, 1.807) is 11.8 Å². The van der Waals surface area contributed by atoms with E-state index in [9.17, 15) is 4.79 Å². The molecule has 0 heterocycles. The van der Waals surface area contributed by atoms with Gasteiger partial charge < -0.3 is 10.0 Å². The van der Waals surface area contributed by atoms with Gasteiger partial charge in [0.05, 0.1) is 6.10 Å². The van der Waals surface area contributed by atoms with E-state index < -0.39 is 6.10 Å². The Balaban J connectivity index is 3.72. The average Bonchev–Trinajstić information content (AvgIpc) is 1.81. The Hall–Kier alpha value is -0.140. The Morgan fingerprint density at radius 3 is 2.40 bits per heavy atom. The molecule has 0 saturated heterocycles. The summed E-state index contributed by atoms with van der Waals surface area (Å²) in [6, 6.07) is 0. The van der Waals surface area contributed by atoms with E-state index in [1.165, 1.54) is 0 Å². The minimum atomic E-state index is -0.440. The lowest BCUT2D eigenvalue weighted by Gasteiger charge is -2.19. The van der Waals surface area contributed by atoms with Crippen LogP contribution >= 0.6 is 9.24 Å². The molecule has 4 heteroatoms. The van der Waals surface area contributed by atoms with Crippen molar-refractivity contribution in [2.75, 3.05) is 13.1 Å². The second-order valence-electron chi connectivity index (χ2n) is 2.23. The molecule has 0 aliphatic heterocycles. The van der Waals surface area contributed by atoms with Crippen LogP contribution in [0.2, 0.25) is 0 Å². The van der Waals surface area contributed by atoms with E-state index in [0.29, 0.717) is 13.1 Å². The van der Waals surface area contributed by atoms with Gasteiger partial charge in [-0.15, -0.1) is 0 Å². The third kappa shape index (κ3) is 3.80. The van der Waals surface area contributed by atoms with Crippen molar-refractivity contribution in [2.24, 2.45) is 0 Å². The van der Waals surface area contributed by atoms with Crippen LogP contribution in [0, 0.1) is 0 Å². The number of carbonyl (C=O) groups is 1. The molecule has 0 radical (unpaired) electrons. The number of hydrogen-bond acceptors (Lipinski definition) is 2. The molecule has 10 heavy (non-hydrogen) atoms. The van der Waals surface area contributed by atoms with Crippen LogP contribution in [0.5, 0.6) is 0 Å². The number of nitrogens with zero attached hydrogens (tertiary/aromatic N) is 1. The molecule has 1 N–H and O–H groups in total. The van der Waals surface area contributed by atoms with Crippen molar-refractivity contribution < 1.29 is 9.90 Å². The normalized spacial score (nSPS) is 12.8. The summed E-state index contributed by atoms with van der Waals surface area (Å²) in [5.41, 5.74) is -0.0663. The van der Waals surface area contributed by atoms with Gasteiger partial charge in [0.1, 0.15) is 0 Å². The standard InChI is InChI=1S/C6H14NO2P/c1-3-7(6(9)10)4-5(2)8/h5,8H,3-4,10H2,1-2H3. The van der Waals surface area contributed by atoms with Crippen molar-refractivity contribution >= 4 is 14.9 Å². The summed E-state index contributed by atoms with van der Waals surface area (Å²) in [5, 5.41) is 8.90. The minimum absolute atomic E-state index is 0.0663. The zero-order chi connectivity index (χ0) is 8.15. The Bertz CT molecular complexity index is 116. The maximum atomic E-state index is 10.7. The molecule has 2 atom stereocenters. The van der Waals surface area contributed by atoms with Crippen LogP contribution in [0.15, 0.2) is 0 Å². The molecule has 60 valence electrons. The Labute approximate surface area is 63.6 Å². The van der Waals surface area contributed by atoms with E-state index in [1.807, 2.05) is 6.92 Å². The molecular formula is C6H14NO2P. The van der Waals surface area contributed by atoms with Gasteiger partial charge in [0, 0.05) is 13.1 Å². The van der Waals surface area contributed by atoms with Gasteiger partial charge in [-0.3, -0.25) is 4.79 Å². The molecule has 0 aromatic heterocycles. The van der Waals surface area contributed by atoms with E-state index >= 15 is 0 Å². The van der Waals surface area contributed by atoms with Crippen molar-refractivity contribution in [2.45, 2.75) is 20.0 Å². The highest BCUT2D eigenvalue weighted by Crippen LogP contribution is 1.99. The van der Waals surface area contributed by atoms with Gasteiger partial charge in [0.25, 0.3) is 0 Å². The number of rotatable bonds is 3. The lowest BCUT2D eigenvalue weighted by atomic mass is 10.4. The van der Waals surface area contributed by atoms with Gasteiger partial charge >= 0.3 is 0 Å². The molecular weight excluding hydrogens is 149 g/mol. The maximum Gasteiger partial charge on any atom is 0.237 e. The van der Waals surface area contributed by atoms with Gasteiger partial charge in [0.15, 0.2) is 0 Å². The zero-order valence-electron chi connectivity index (χ0n) is 6.37. The molecule has 0 spiro atoms. The van der Waals surface area contributed by atoms with Crippen LogP contribution in [-0.4, -0.2) is 34.8 Å². The lowest BCUT2D eigenvalue weighted by molar-refractivity contribution is 0.145. The molecule has 2 unspecified atom stereocenters. The summed E-state index contributed by atoms with van der Waals surface area (Å²) in [6.45, 7) is 4.60. The predicted molar refractivity (Wildman–Crippen MR) is 44.0 cm³/mol. The van der Waals surface area contributed by atoms with E-state index in [0.717, 1.165) is 0 Å². The summed E-state index contributed by atoms with van der Waals surface area (Å²) in [4.78, 5) is 12.3. The fourth-order valence-corrected chi connectivity index (χ4v) is 0.982. The highest BCUT2D eigenvalue weighted by Gasteiger charge is 2.07. The van der Waals surface area contributed by atoms with Crippen molar-refractivity contribution in [3.05, 3.63) is 0 Å². The quantitative estimate of drug-likeness (QED) is 0.621. The first-order chi connectivity index (χ1) is 4.57. The predicted octanol–water partition coefficient (Wildman–Crippen LogP) is 0.684. The fourth-order valence-electron chi connectivity index (χ4n) is 0.694.